The van der Waals surface area contributed by atoms with Gasteiger partial charge < -0.3 is 10.3 Å². The summed E-state index contributed by atoms with van der Waals surface area (Å²) in [5, 5.41) is 7.79. The van der Waals surface area contributed by atoms with Crippen LogP contribution < -0.4 is 4.90 Å². The number of benzene rings is 1. The summed E-state index contributed by atoms with van der Waals surface area (Å²) in [6, 6.07) is 6.04. The fourth-order valence-electron chi connectivity index (χ4n) is 1.98. The topological polar surface area (TPSA) is 44.2 Å². The molecule has 1 fully saturated rings. The van der Waals surface area contributed by atoms with Crippen molar-refractivity contribution in [1.82, 2.24) is 0 Å². The monoisotopic (exact) mass is 294 g/mol. The first-order valence-corrected chi connectivity index (χ1v) is 6.45. The minimum Gasteiger partial charge on any atom is -0.309 e. The van der Waals surface area contributed by atoms with Crippen LogP contribution in [0.2, 0.25) is 0 Å². The highest BCUT2D eigenvalue weighted by Crippen LogP contribution is 2.35. The molecule has 0 bridgehead atoms. The van der Waals surface area contributed by atoms with Gasteiger partial charge in [0.25, 0.3) is 0 Å². The second-order valence-electron chi connectivity index (χ2n) is 4.41. The number of hydrogen-bond donors (Lipinski definition) is 1. The molecule has 0 unspecified atom stereocenters. The van der Waals surface area contributed by atoms with Gasteiger partial charge in [0, 0.05) is 28.7 Å². The number of carbonyl (C=O) groups is 1. The molecular formula is C13H15BrN2O. The highest BCUT2D eigenvalue weighted by atomic mass is 79.9. The van der Waals surface area contributed by atoms with Crippen molar-refractivity contribution in [1.29, 1.82) is 5.41 Å². The predicted molar refractivity (Wildman–Crippen MR) is 72.8 cm³/mol. The van der Waals surface area contributed by atoms with Gasteiger partial charge in [-0.15, -0.1) is 0 Å². The van der Waals surface area contributed by atoms with Crippen molar-refractivity contribution in [3.05, 3.63) is 28.2 Å². The Hall–Kier alpha value is -1.16. The lowest BCUT2D eigenvalue weighted by atomic mass is 10.1. The molecule has 1 aromatic rings. The number of amides is 1. The molecule has 3 nitrogen and oxygen atoms in total. The predicted octanol–water partition coefficient (Wildman–Crippen LogP) is 3.35. The van der Waals surface area contributed by atoms with Crippen LogP contribution in [0.15, 0.2) is 22.7 Å². The number of carbonyl (C=O) groups excluding carboxylic acids is 1. The molecule has 4 heteroatoms. The standard InChI is InChI=1S/C13H15BrN2O/c1-8(15)12-6-3-10(14)7-13(12)16(9(2)17)11-4-5-11/h3,6-7,11,15H,4-5H2,1-2H3. The summed E-state index contributed by atoms with van der Waals surface area (Å²) < 4.78 is 0.935. The Kier molecular flexibility index (Phi) is 3.33. The van der Waals surface area contributed by atoms with Crippen LogP contribution in [0, 0.1) is 5.41 Å². The summed E-state index contributed by atoms with van der Waals surface area (Å²) in [7, 11) is 0. The third-order valence-corrected chi connectivity index (χ3v) is 3.37. The van der Waals surface area contributed by atoms with E-state index in [1.807, 2.05) is 23.1 Å². The molecule has 1 amide bonds. The van der Waals surface area contributed by atoms with Gasteiger partial charge in [0.05, 0.1) is 5.69 Å². The Morgan fingerprint density at radius 2 is 2.06 bits per heavy atom. The number of anilines is 1. The van der Waals surface area contributed by atoms with Crippen LogP contribution in [0.4, 0.5) is 5.69 Å². The molecule has 0 spiro atoms. The molecule has 1 aliphatic rings. The Morgan fingerprint density at radius 3 is 2.53 bits per heavy atom. The van der Waals surface area contributed by atoms with Crippen molar-refractivity contribution in [3.8, 4) is 0 Å². The first-order chi connectivity index (χ1) is 8.00. The summed E-state index contributed by atoms with van der Waals surface area (Å²) in [5.74, 6) is 0.0492. The maximum absolute atomic E-state index is 11.8. The van der Waals surface area contributed by atoms with E-state index in [-0.39, 0.29) is 5.91 Å². The van der Waals surface area contributed by atoms with Crippen molar-refractivity contribution in [3.63, 3.8) is 0 Å². The second kappa shape index (κ2) is 4.61. The lowest BCUT2D eigenvalue weighted by molar-refractivity contribution is -0.116. The third kappa shape index (κ3) is 2.57. The van der Waals surface area contributed by atoms with Gasteiger partial charge in [-0.25, -0.2) is 0 Å². The number of nitrogens with zero attached hydrogens (tertiary/aromatic N) is 1. The largest absolute Gasteiger partial charge is 0.309 e. The van der Waals surface area contributed by atoms with Gasteiger partial charge in [-0.3, -0.25) is 4.79 Å². The van der Waals surface area contributed by atoms with Gasteiger partial charge in [0.2, 0.25) is 5.91 Å². The van der Waals surface area contributed by atoms with E-state index in [2.05, 4.69) is 15.9 Å². The molecule has 0 radical (unpaired) electrons. The van der Waals surface area contributed by atoms with Crippen LogP contribution in [-0.4, -0.2) is 17.7 Å². The first-order valence-electron chi connectivity index (χ1n) is 5.65. The fourth-order valence-corrected chi connectivity index (χ4v) is 2.33. The van der Waals surface area contributed by atoms with Crippen molar-refractivity contribution in [2.75, 3.05) is 4.90 Å². The second-order valence-corrected chi connectivity index (χ2v) is 5.32. The molecule has 1 aromatic carbocycles. The molecule has 0 heterocycles. The van der Waals surface area contributed by atoms with Crippen molar-refractivity contribution < 1.29 is 4.79 Å². The molecule has 2 rings (SSSR count). The first kappa shape index (κ1) is 12.3. The Morgan fingerprint density at radius 1 is 1.41 bits per heavy atom. The molecule has 1 N–H and O–H groups in total. The maximum Gasteiger partial charge on any atom is 0.224 e. The summed E-state index contributed by atoms with van der Waals surface area (Å²) in [6.45, 7) is 3.33. The SMILES string of the molecule is CC(=N)c1ccc(Br)cc1N(C(C)=O)C1CC1. The fraction of sp³-hybridized carbons (Fsp3) is 0.385. The van der Waals surface area contributed by atoms with Crippen LogP contribution in [-0.2, 0) is 4.79 Å². The van der Waals surface area contributed by atoms with Crippen LogP contribution >= 0.6 is 15.9 Å². The zero-order chi connectivity index (χ0) is 12.6. The average molecular weight is 295 g/mol. The maximum atomic E-state index is 11.8. The molecule has 17 heavy (non-hydrogen) atoms. The summed E-state index contributed by atoms with van der Waals surface area (Å²) in [6.07, 6.45) is 2.12. The third-order valence-electron chi connectivity index (χ3n) is 2.87. The Bertz CT molecular complexity index is 480. The highest BCUT2D eigenvalue weighted by molar-refractivity contribution is 9.10. The number of halogens is 1. The van der Waals surface area contributed by atoms with Crippen LogP contribution in [0.25, 0.3) is 0 Å². The molecule has 0 aromatic heterocycles. The molecular weight excluding hydrogens is 280 g/mol. The number of nitrogens with one attached hydrogen (secondary N) is 1. The summed E-state index contributed by atoms with van der Waals surface area (Å²) >= 11 is 3.42. The van der Waals surface area contributed by atoms with Crippen molar-refractivity contribution in [2.45, 2.75) is 32.7 Å². The van der Waals surface area contributed by atoms with E-state index in [4.69, 9.17) is 5.41 Å². The van der Waals surface area contributed by atoms with Crippen LogP contribution in [0.5, 0.6) is 0 Å². The summed E-state index contributed by atoms with van der Waals surface area (Å²) in [5.41, 5.74) is 2.16. The number of rotatable bonds is 3. The normalized spacial score (nSPS) is 14.5. The van der Waals surface area contributed by atoms with Gasteiger partial charge in [-0.1, -0.05) is 15.9 Å². The molecule has 0 saturated heterocycles. The zero-order valence-electron chi connectivity index (χ0n) is 9.96. The zero-order valence-corrected chi connectivity index (χ0v) is 11.5. The van der Waals surface area contributed by atoms with Gasteiger partial charge in [0.1, 0.15) is 0 Å². The van der Waals surface area contributed by atoms with Crippen LogP contribution in [0.1, 0.15) is 32.3 Å². The van der Waals surface area contributed by atoms with Gasteiger partial charge in [0.15, 0.2) is 0 Å². The number of hydrogen-bond acceptors (Lipinski definition) is 2. The molecule has 90 valence electrons. The lowest BCUT2D eigenvalue weighted by Crippen LogP contribution is -2.32. The minimum absolute atomic E-state index is 0.0492. The highest BCUT2D eigenvalue weighted by Gasteiger charge is 2.33. The van der Waals surface area contributed by atoms with E-state index in [1.165, 1.54) is 0 Å². The van der Waals surface area contributed by atoms with E-state index in [9.17, 15) is 4.79 Å². The molecule has 0 atom stereocenters. The van der Waals surface area contributed by atoms with Crippen LogP contribution in [0.3, 0.4) is 0 Å². The molecule has 1 aliphatic carbocycles. The van der Waals surface area contributed by atoms with Gasteiger partial charge >= 0.3 is 0 Å². The van der Waals surface area contributed by atoms with E-state index < -0.39 is 0 Å². The molecule has 0 aliphatic heterocycles. The van der Waals surface area contributed by atoms with Crippen molar-refractivity contribution in [2.24, 2.45) is 0 Å². The average Bonchev–Trinajstić information content (AvgIpc) is 3.01. The van der Waals surface area contributed by atoms with Gasteiger partial charge in [-0.2, -0.15) is 0 Å². The van der Waals surface area contributed by atoms with E-state index in [1.54, 1.807) is 13.8 Å². The smallest absolute Gasteiger partial charge is 0.224 e. The van der Waals surface area contributed by atoms with Gasteiger partial charge in [-0.05, 0) is 38.0 Å². The Balaban J connectivity index is 2.50. The van der Waals surface area contributed by atoms with Crippen molar-refractivity contribution >= 4 is 33.2 Å². The van der Waals surface area contributed by atoms with E-state index in [0.29, 0.717) is 11.8 Å². The lowest BCUT2D eigenvalue weighted by Gasteiger charge is -2.23. The quantitative estimate of drug-likeness (QED) is 0.854. The minimum atomic E-state index is 0.0492. The summed E-state index contributed by atoms with van der Waals surface area (Å²) in [4.78, 5) is 13.6. The van der Waals surface area contributed by atoms with E-state index in [0.717, 1.165) is 28.6 Å². The Labute approximate surface area is 109 Å². The van der Waals surface area contributed by atoms with E-state index >= 15 is 0 Å². The molecule has 1 saturated carbocycles.